The molecule has 2 rings (SSSR count). The lowest BCUT2D eigenvalue weighted by Crippen LogP contribution is -2.27. The molecule has 2 aromatic carbocycles. The van der Waals surface area contributed by atoms with Crippen molar-refractivity contribution < 1.29 is 4.79 Å². The Morgan fingerprint density at radius 2 is 1.73 bits per heavy atom. The highest BCUT2D eigenvalue weighted by Crippen LogP contribution is 2.15. The molecule has 0 unspecified atom stereocenters. The first-order valence-corrected chi connectivity index (χ1v) is 7.39. The summed E-state index contributed by atoms with van der Waals surface area (Å²) in [5.74, 6) is -0.0359. The van der Waals surface area contributed by atoms with E-state index in [9.17, 15) is 4.79 Å². The van der Waals surface area contributed by atoms with Crippen LogP contribution in [0.2, 0.25) is 0 Å². The van der Waals surface area contributed by atoms with Gasteiger partial charge in [0.15, 0.2) is 0 Å². The molecule has 2 N–H and O–H groups in total. The van der Waals surface area contributed by atoms with Gasteiger partial charge in [-0.3, -0.25) is 4.79 Å². The number of carbonyl (C=O) groups is 1. The van der Waals surface area contributed by atoms with E-state index in [0.717, 1.165) is 11.4 Å². The number of amides is 1. The van der Waals surface area contributed by atoms with E-state index >= 15 is 0 Å². The Bertz CT molecular complexity index is 620. The summed E-state index contributed by atoms with van der Waals surface area (Å²) in [4.78, 5) is 13.9. The number of aryl methyl sites for hydroxylation is 1. The van der Waals surface area contributed by atoms with Crippen LogP contribution >= 0.6 is 0 Å². The number of rotatable bonds is 6. The maximum Gasteiger partial charge on any atom is 0.238 e. The first-order chi connectivity index (χ1) is 10.6. The lowest BCUT2D eigenvalue weighted by Gasteiger charge is -2.13. The van der Waals surface area contributed by atoms with Gasteiger partial charge in [0, 0.05) is 32.0 Å². The molecule has 2 aromatic rings. The molecule has 0 aliphatic heterocycles. The lowest BCUT2D eigenvalue weighted by molar-refractivity contribution is -0.115. The topological polar surface area (TPSA) is 44.4 Å². The van der Waals surface area contributed by atoms with Gasteiger partial charge in [-0.15, -0.1) is 0 Å². The Kier molecular flexibility index (Phi) is 5.55. The molecule has 0 saturated heterocycles. The molecule has 4 heteroatoms. The van der Waals surface area contributed by atoms with E-state index in [1.54, 1.807) is 0 Å². The molecule has 0 aliphatic rings. The van der Waals surface area contributed by atoms with Crippen molar-refractivity contribution in [3.63, 3.8) is 0 Å². The molecule has 0 spiro atoms. The summed E-state index contributed by atoms with van der Waals surface area (Å²) in [5, 5.41) is 6.06. The second kappa shape index (κ2) is 7.61. The van der Waals surface area contributed by atoms with E-state index in [0.29, 0.717) is 13.1 Å². The minimum absolute atomic E-state index is 0.0359. The summed E-state index contributed by atoms with van der Waals surface area (Å²) >= 11 is 0. The van der Waals surface area contributed by atoms with Crippen LogP contribution in [0.15, 0.2) is 48.5 Å². The molecule has 1 amide bonds. The highest BCUT2D eigenvalue weighted by molar-refractivity contribution is 5.92. The van der Waals surface area contributed by atoms with E-state index < -0.39 is 0 Å². The minimum atomic E-state index is -0.0359. The molecule has 0 fully saturated rings. The summed E-state index contributed by atoms with van der Waals surface area (Å²) in [5.41, 5.74) is 4.37. The minimum Gasteiger partial charge on any atom is -0.378 e. The number of nitrogens with zero attached hydrogens (tertiary/aromatic N) is 1. The maximum absolute atomic E-state index is 11.9. The average Bonchev–Trinajstić information content (AvgIpc) is 2.50. The SMILES string of the molecule is Cc1ccccc1CNCC(=O)Nc1ccc(N(C)C)cc1. The Balaban J connectivity index is 1.79. The van der Waals surface area contributed by atoms with Crippen LogP contribution in [-0.2, 0) is 11.3 Å². The molecule has 4 nitrogen and oxygen atoms in total. The van der Waals surface area contributed by atoms with Crippen LogP contribution in [-0.4, -0.2) is 26.5 Å². The van der Waals surface area contributed by atoms with E-state index in [4.69, 9.17) is 0 Å². The van der Waals surface area contributed by atoms with Gasteiger partial charge in [-0.2, -0.15) is 0 Å². The third-order valence-corrected chi connectivity index (χ3v) is 3.53. The maximum atomic E-state index is 11.9. The third kappa shape index (κ3) is 4.60. The van der Waals surface area contributed by atoms with Gasteiger partial charge >= 0.3 is 0 Å². The van der Waals surface area contributed by atoms with Crippen LogP contribution in [0.4, 0.5) is 11.4 Å². The normalized spacial score (nSPS) is 10.3. The van der Waals surface area contributed by atoms with Crippen molar-refractivity contribution in [2.75, 3.05) is 30.9 Å². The van der Waals surface area contributed by atoms with Gasteiger partial charge in [-0.1, -0.05) is 24.3 Å². The molecule has 116 valence electrons. The molecular formula is C18H23N3O. The molecule has 0 heterocycles. The van der Waals surface area contributed by atoms with Gasteiger partial charge < -0.3 is 15.5 Å². The molecule has 0 bridgehead atoms. The Morgan fingerprint density at radius 1 is 1.05 bits per heavy atom. The van der Waals surface area contributed by atoms with Gasteiger partial charge in [0.1, 0.15) is 0 Å². The Labute approximate surface area is 132 Å². The fraction of sp³-hybridized carbons (Fsp3) is 0.278. The fourth-order valence-corrected chi connectivity index (χ4v) is 2.17. The van der Waals surface area contributed by atoms with E-state index in [1.807, 2.05) is 55.4 Å². The first kappa shape index (κ1) is 16.0. The number of benzene rings is 2. The van der Waals surface area contributed by atoms with Crippen LogP contribution in [0.3, 0.4) is 0 Å². The van der Waals surface area contributed by atoms with Gasteiger partial charge in [0.25, 0.3) is 0 Å². The van der Waals surface area contributed by atoms with Crippen LogP contribution in [0.25, 0.3) is 0 Å². The van der Waals surface area contributed by atoms with Gasteiger partial charge in [0.2, 0.25) is 5.91 Å². The average molecular weight is 297 g/mol. The third-order valence-electron chi connectivity index (χ3n) is 3.53. The summed E-state index contributed by atoms with van der Waals surface area (Å²) in [6.45, 7) is 3.06. The second-order valence-corrected chi connectivity index (χ2v) is 5.52. The van der Waals surface area contributed by atoms with Crippen molar-refractivity contribution in [3.8, 4) is 0 Å². The Morgan fingerprint density at radius 3 is 2.36 bits per heavy atom. The Hall–Kier alpha value is -2.33. The molecule has 0 saturated carbocycles. The van der Waals surface area contributed by atoms with Crippen LogP contribution < -0.4 is 15.5 Å². The number of hydrogen-bond acceptors (Lipinski definition) is 3. The number of hydrogen-bond donors (Lipinski definition) is 2. The first-order valence-electron chi connectivity index (χ1n) is 7.39. The lowest BCUT2D eigenvalue weighted by atomic mass is 10.1. The van der Waals surface area contributed by atoms with Crippen molar-refractivity contribution >= 4 is 17.3 Å². The zero-order valence-corrected chi connectivity index (χ0v) is 13.4. The summed E-state index contributed by atoms with van der Waals surface area (Å²) < 4.78 is 0. The van der Waals surface area contributed by atoms with Crippen LogP contribution in [0.1, 0.15) is 11.1 Å². The smallest absolute Gasteiger partial charge is 0.238 e. The monoisotopic (exact) mass is 297 g/mol. The zero-order valence-electron chi connectivity index (χ0n) is 13.4. The quantitative estimate of drug-likeness (QED) is 0.862. The van der Waals surface area contributed by atoms with E-state index in [2.05, 4.69) is 29.7 Å². The highest BCUT2D eigenvalue weighted by Gasteiger charge is 2.03. The molecule has 0 radical (unpaired) electrons. The molecular weight excluding hydrogens is 274 g/mol. The van der Waals surface area contributed by atoms with Gasteiger partial charge in [-0.25, -0.2) is 0 Å². The molecule has 0 atom stereocenters. The summed E-state index contributed by atoms with van der Waals surface area (Å²) in [6.07, 6.45) is 0. The van der Waals surface area contributed by atoms with E-state index in [-0.39, 0.29) is 5.91 Å². The molecule has 22 heavy (non-hydrogen) atoms. The number of anilines is 2. The van der Waals surface area contributed by atoms with Crippen LogP contribution in [0, 0.1) is 6.92 Å². The van der Waals surface area contributed by atoms with Crippen molar-refractivity contribution in [2.45, 2.75) is 13.5 Å². The second-order valence-electron chi connectivity index (χ2n) is 5.52. The number of nitrogens with one attached hydrogen (secondary N) is 2. The highest BCUT2D eigenvalue weighted by atomic mass is 16.1. The van der Waals surface area contributed by atoms with Crippen molar-refractivity contribution in [3.05, 3.63) is 59.7 Å². The fourth-order valence-electron chi connectivity index (χ4n) is 2.17. The standard InChI is InChI=1S/C18H23N3O/c1-14-6-4-5-7-15(14)12-19-13-18(22)20-16-8-10-17(11-9-16)21(2)3/h4-11,19H,12-13H2,1-3H3,(H,20,22). The molecule has 0 aliphatic carbocycles. The largest absolute Gasteiger partial charge is 0.378 e. The van der Waals surface area contributed by atoms with Gasteiger partial charge in [0.05, 0.1) is 6.54 Å². The number of carbonyl (C=O) groups excluding carboxylic acids is 1. The van der Waals surface area contributed by atoms with Gasteiger partial charge in [-0.05, 0) is 42.3 Å². The van der Waals surface area contributed by atoms with Crippen molar-refractivity contribution in [1.82, 2.24) is 5.32 Å². The predicted molar refractivity (Wildman–Crippen MR) is 92.3 cm³/mol. The summed E-state index contributed by atoms with van der Waals surface area (Å²) in [7, 11) is 3.98. The van der Waals surface area contributed by atoms with E-state index in [1.165, 1.54) is 11.1 Å². The predicted octanol–water partition coefficient (Wildman–Crippen LogP) is 2.79. The summed E-state index contributed by atoms with van der Waals surface area (Å²) in [6, 6.07) is 16.0. The zero-order chi connectivity index (χ0) is 15.9. The molecule has 0 aromatic heterocycles. The van der Waals surface area contributed by atoms with Crippen molar-refractivity contribution in [2.24, 2.45) is 0 Å². The van der Waals surface area contributed by atoms with Crippen LogP contribution in [0.5, 0.6) is 0 Å². The van der Waals surface area contributed by atoms with Crippen molar-refractivity contribution in [1.29, 1.82) is 0 Å².